The lowest BCUT2D eigenvalue weighted by atomic mass is 9.99. The molecule has 1 aliphatic rings. The average Bonchev–Trinajstić information content (AvgIpc) is 3.49. The number of rotatable bonds is 9. The molecule has 0 saturated carbocycles. The molecule has 0 unspecified atom stereocenters. The lowest BCUT2D eigenvalue weighted by molar-refractivity contribution is -0.143. The van der Waals surface area contributed by atoms with E-state index in [9.17, 15) is 9.90 Å². The molecule has 10 nitrogen and oxygen atoms in total. The van der Waals surface area contributed by atoms with Gasteiger partial charge in [0.25, 0.3) is 5.91 Å². The number of imidazole rings is 1. The largest absolute Gasteiger partial charge is 0.414 e. The number of aliphatic hydroxyl groups excluding tert-OH is 1. The van der Waals surface area contributed by atoms with Gasteiger partial charge in [0, 0.05) is 12.0 Å². The maximum Gasteiger partial charge on any atom is 0.256 e. The number of nitrogens with one attached hydrogen (secondary N) is 1. The van der Waals surface area contributed by atoms with Crippen molar-refractivity contribution in [3.05, 3.63) is 48.5 Å². The maximum absolute atomic E-state index is 12.8. The van der Waals surface area contributed by atoms with E-state index >= 15 is 0 Å². The van der Waals surface area contributed by atoms with E-state index in [4.69, 9.17) is 13.6 Å². The van der Waals surface area contributed by atoms with E-state index in [-0.39, 0.29) is 29.2 Å². The molecule has 0 radical (unpaired) electrons. The Balaban J connectivity index is 1.68. The zero-order valence-electron chi connectivity index (χ0n) is 26.7. The summed E-state index contributed by atoms with van der Waals surface area (Å²) in [5, 5.41) is 13.7. The zero-order valence-corrected chi connectivity index (χ0v) is 28.7. The van der Waals surface area contributed by atoms with Gasteiger partial charge in [-0.05, 0) is 48.4 Å². The number of nitrogens with zero attached hydrogens (tertiary/aromatic N) is 4. The number of fused-ring (bicyclic) bond motifs is 1. The van der Waals surface area contributed by atoms with E-state index in [2.05, 4.69) is 88.0 Å². The third-order valence-electron chi connectivity index (χ3n) is 9.30. The molecule has 0 bridgehead atoms. The van der Waals surface area contributed by atoms with Crippen LogP contribution in [-0.4, -0.2) is 72.1 Å². The summed E-state index contributed by atoms with van der Waals surface area (Å²) in [5.41, 5.74) is 0.418. The van der Waals surface area contributed by atoms with Crippen LogP contribution in [-0.2, 0) is 13.6 Å². The van der Waals surface area contributed by atoms with Gasteiger partial charge in [-0.1, -0.05) is 59.7 Å². The fraction of sp³-hybridized carbons (Fsp3) is 0.600. The lowest BCUT2D eigenvalue weighted by Crippen LogP contribution is -2.56. The fourth-order valence-corrected chi connectivity index (χ4v) is 6.82. The Morgan fingerprint density at radius 1 is 1.05 bits per heavy atom. The van der Waals surface area contributed by atoms with E-state index in [0.29, 0.717) is 29.0 Å². The molecule has 1 amide bonds. The van der Waals surface area contributed by atoms with Gasteiger partial charge in [-0.15, -0.1) is 0 Å². The number of hydrogen-bond donors (Lipinski definition) is 2. The fourth-order valence-electron chi connectivity index (χ4n) is 4.41. The normalized spacial score (nSPS) is 22.1. The summed E-state index contributed by atoms with van der Waals surface area (Å²) in [7, 11) is -4.41. The van der Waals surface area contributed by atoms with Crippen molar-refractivity contribution in [2.75, 3.05) is 18.5 Å². The number of aromatic nitrogens is 4. The number of carbonyl (C=O) groups is 1. The zero-order chi connectivity index (χ0) is 31.1. The highest BCUT2D eigenvalue weighted by Gasteiger charge is 2.55. The molecule has 0 spiro atoms. The first-order valence-electron chi connectivity index (χ1n) is 14.6. The van der Waals surface area contributed by atoms with Gasteiger partial charge in [-0.3, -0.25) is 9.36 Å². The van der Waals surface area contributed by atoms with Gasteiger partial charge in [0.2, 0.25) is 0 Å². The molecular weight excluding hydrogens is 567 g/mol. The molecule has 230 valence electrons. The van der Waals surface area contributed by atoms with Crippen molar-refractivity contribution in [2.45, 2.75) is 102 Å². The van der Waals surface area contributed by atoms with Crippen LogP contribution in [0.2, 0.25) is 36.3 Å². The van der Waals surface area contributed by atoms with E-state index in [1.165, 1.54) is 6.33 Å². The first-order chi connectivity index (χ1) is 19.4. The molecule has 4 rings (SSSR count). The second-order valence-corrected chi connectivity index (χ2v) is 23.9. The molecule has 12 heteroatoms. The molecule has 42 heavy (non-hydrogen) atoms. The molecule has 3 heterocycles. The summed E-state index contributed by atoms with van der Waals surface area (Å²) < 4.78 is 22.2. The summed E-state index contributed by atoms with van der Waals surface area (Å²) in [6.07, 6.45) is 2.60. The monoisotopic (exact) mass is 613 g/mol. The highest BCUT2D eigenvalue weighted by molar-refractivity contribution is 6.74. The van der Waals surface area contributed by atoms with Crippen LogP contribution in [0.15, 0.2) is 43.0 Å². The van der Waals surface area contributed by atoms with Crippen molar-refractivity contribution in [3.8, 4) is 0 Å². The van der Waals surface area contributed by atoms with Crippen molar-refractivity contribution in [2.24, 2.45) is 0 Å². The smallest absolute Gasteiger partial charge is 0.256 e. The van der Waals surface area contributed by atoms with Crippen molar-refractivity contribution in [1.29, 1.82) is 0 Å². The number of amides is 1. The van der Waals surface area contributed by atoms with Crippen LogP contribution in [0.4, 0.5) is 5.82 Å². The summed E-state index contributed by atoms with van der Waals surface area (Å²) in [6.45, 7) is 21.9. The molecule has 0 aliphatic carbocycles. The van der Waals surface area contributed by atoms with Gasteiger partial charge in [0.05, 0.1) is 25.6 Å². The SMILES string of the molecule is CC(C)(C)[Si](C)(C)OC[C@@]1(CO)O[C@@H](n2cnc3c(NC(=O)c4ccccc4)ncnc32)C[C@@H]1O[Si](C)(C)C(C)(C)C. The lowest BCUT2D eigenvalue weighted by Gasteiger charge is -2.44. The third-order valence-corrected chi connectivity index (χ3v) is 18.3. The second kappa shape index (κ2) is 11.5. The Morgan fingerprint density at radius 3 is 2.29 bits per heavy atom. The predicted octanol–water partition coefficient (Wildman–Crippen LogP) is 6.14. The number of ether oxygens (including phenoxy) is 1. The minimum absolute atomic E-state index is 0.00447. The highest BCUT2D eigenvalue weighted by Crippen LogP contribution is 2.46. The average molecular weight is 614 g/mol. The standard InChI is InChI=1S/C30H47N5O5Si2/c1-28(2,3)41(7,8)38-18-30(17-36)22(40-42(9,10)29(4,5)6)16-23(39-30)35-20-33-24-25(31-19-32-26(24)35)34-27(37)21-14-12-11-13-15-21/h11-15,19-20,22-23,36H,16-18H2,1-10H3,(H,31,32,34,37)/t22-,23+,30+/m0/s1. The van der Waals surface area contributed by atoms with E-state index in [1.807, 2.05) is 10.6 Å². The summed E-state index contributed by atoms with van der Waals surface area (Å²) in [6, 6.07) is 8.94. The van der Waals surface area contributed by atoms with Gasteiger partial charge in [-0.2, -0.15) is 0 Å². The number of aliphatic hydroxyl groups is 1. The van der Waals surface area contributed by atoms with Gasteiger partial charge in [-0.25, -0.2) is 15.0 Å². The first-order valence-corrected chi connectivity index (χ1v) is 20.4. The van der Waals surface area contributed by atoms with Crippen molar-refractivity contribution in [3.63, 3.8) is 0 Å². The van der Waals surface area contributed by atoms with Crippen LogP contribution in [0.25, 0.3) is 11.2 Å². The Labute approximate surface area is 251 Å². The number of anilines is 1. The van der Waals surface area contributed by atoms with Crippen LogP contribution in [0, 0.1) is 0 Å². The third kappa shape index (κ3) is 6.38. The minimum Gasteiger partial charge on any atom is -0.414 e. The van der Waals surface area contributed by atoms with Crippen LogP contribution in [0.3, 0.4) is 0 Å². The summed E-state index contributed by atoms with van der Waals surface area (Å²) in [4.78, 5) is 26.2. The number of carbonyl (C=O) groups excluding carboxylic acids is 1. The highest BCUT2D eigenvalue weighted by atomic mass is 28.4. The molecule has 1 fully saturated rings. The Morgan fingerprint density at radius 2 is 1.69 bits per heavy atom. The van der Waals surface area contributed by atoms with Gasteiger partial charge >= 0.3 is 0 Å². The number of hydrogen-bond acceptors (Lipinski definition) is 8. The van der Waals surface area contributed by atoms with Crippen LogP contribution in [0.1, 0.15) is 64.5 Å². The van der Waals surface area contributed by atoms with E-state index in [0.717, 1.165) is 0 Å². The second-order valence-electron chi connectivity index (χ2n) is 14.3. The molecule has 1 saturated heterocycles. The summed E-state index contributed by atoms with van der Waals surface area (Å²) in [5.74, 6) is 0.0292. The predicted molar refractivity (Wildman–Crippen MR) is 169 cm³/mol. The molecule has 1 aromatic carbocycles. The Hall–Kier alpha value is -2.49. The first kappa shape index (κ1) is 32.4. The van der Waals surface area contributed by atoms with Gasteiger partial charge < -0.3 is 24.0 Å². The molecule has 1 aliphatic heterocycles. The molecule has 3 atom stereocenters. The quantitative estimate of drug-likeness (QED) is 0.276. The van der Waals surface area contributed by atoms with Crippen LogP contribution in [0.5, 0.6) is 0 Å². The van der Waals surface area contributed by atoms with Crippen molar-refractivity contribution >= 4 is 39.5 Å². The maximum atomic E-state index is 12.8. The van der Waals surface area contributed by atoms with Gasteiger partial charge in [0.15, 0.2) is 33.6 Å². The van der Waals surface area contributed by atoms with Crippen molar-refractivity contribution in [1.82, 2.24) is 19.5 Å². The Bertz CT molecular complexity index is 1400. The molecule has 2 aromatic heterocycles. The van der Waals surface area contributed by atoms with Gasteiger partial charge in [0.1, 0.15) is 18.2 Å². The van der Waals surface area contributed by atoms with Crippen molar-refractivity contribution < 1.29 is 23.5 Å². The molecule has 3 aromatic rings. The molecular formula is C30H47N5O5Si2. The van der Waals surface area contributed by atoms with Crippen LogP contribution < -0.4 is 5.32 Å². The topological polar surface area (TPSA) is 121 Å². The Kier molecular flexibility index (Phi) is 8.91. The summed E-state index contributed by atoms with van der Waals surface area (Å²) >= 11 is 0. The van der Waals surface area contributed by atoms with E-state index < -0.39 is 34.6 Å². The van der Waals surface area contributed by atoms with Crippen LogP contribution >= 0.6 is 0 Å². The minimum atomic E-state index is -2.25. The number of benzene rings is 1. The molecule has 2 N–H and O–H groups in total. The van der Waals surface area contributed by atoms with E-state index in [1.54, 1.807) is 30.6 Å².